The molecule has 0 heterocycles. The molecule has 0 aliphatic heterocycles. The van der Waals surface area contributed by atoms with Crippen LogP contribution in [0.4, 0.5) is 0 Å². The molecule has 1 rings (SSSR count). The SMILES string of the molecule is CNCc1c(C)c(C)c(OCC(=O)N(C)C)c(C)c1C. The van der Waals surface area contributed by atoms with Crippen molar-refractivity contribution in [1.82, 2.24) is 10.2 Å². The fraction of sp³-hybridized carbons (Fsp3) is 0.562. The van der Waals surface area contributed by atoms with E-state index in [2.05, 4.69) is 33.0 Å². The number of ether oxygens (including phenoxy) is 1. The zero-order valence-electron chi connectivity index (χ0n) is 13.7. The Hall–Kier alpha value is -1.55. The Balaban J connectivity index is 3.12. The van der Waals surface area contributed by atoms with Crippen molar-refractivity contribution in [3.8, 4) is 5.75 Å². The third kappa shape index (κ3) is 3.31. The number of amides is 1. The van der Waals surface area contributed by atoms with Crippen LogP contribution in [0.5, 0.6) is 5.75 Å². The maximum atomic E-state index is 11.7. The number of rotatable bonds is 5. The lowest BCUT2D eigenvalue weighted by molar-refractivity contribution is -0.130. The summed E-state index contributed by atoms with van der Waals surface area (Å²) in [6.07, 6.45) is 0. The van der Waals surface area contributed by atoms with Crippen LogP contribution in [0.2, 0.25) is 0 Å². The van der Waals surface area contributed by atoms with E-state index < -0.39 is 0 Å². The summed E-state index contributed by atoms with van der Waals surface area (Å²) < 4.78 is 5.77. The molecule has 0 aromatic heterocycles. The molecule has 0 unspecified atom stereocenters. The predicted octanol–water partition coefficient (Wildman–Crippen LogP) is 2.11. The predicted molar refractivity (Wildman–Crippen MR) is 82.3 cm³/mol. The van der Waals surface area contributed by atoms with Crippen LogP contribution >= 0.6 is 0 Å². The van der Waals surface area contributed by atoms with Gasteiger partial charge in [-0.2, -0.15) is 0 Å². The van der Waals surface area contributed by atoms with E-state index in [0.717, 1.165) is 23.4 Å². The Labute approximate surface area is 122 Å². The Bertz CT molecular complexity index is 479. The van der Waals surface area contributed by atoms with Crippen molar-refractivity contribution in [2.24, 2.45) is 0 Å². The molecule has 1 amide bonds. The molecule has 1 N–H and O–H groups in total. The van der Waals surface area contributed by atoms with E-state index in [1.54, 1.807) is 19.0 Å². The van der Waals surface area contributed by atoms with Gasteiger partial charge in [0.25, 0.3) is 5.91 Å². The van der Waals surface area contributed by atoms with Gasteiger partial charge in [-0.25, -0.2) is 0 Å². The lowest BCUT2D eigenvalue weighted by Crippen LogP contribution is -2.28. The van der Waals surface area contributed by atoms with Gasteiger partial charge < -0.3 is 15.0 Å². The molecule has 0 radical (unpaired) electrons. The second-order valence-electron chi connectivity index (χ2n) is 5.41. The highest BCUT2D eigenvalue weighted by Crippen LogP contribution is 2.32. The summed E-state index contributed by atoms with van der Waals surface area (Å²) in [5, 5.41) is 3.20. The van der Waals surface area contributed by atoms with Crippen molar-refractivity contribution in [2.75, 3.05) is 27.7 Å². The zero-order chi connectivity index (χ0) is 15.4. The smallest absolute Gasteiger partial charge is 0.259 e. The first-order chi connectivity index (χ1) is 9.31. The Morgan fingerprint density at radius 2 is 1.55 bits per heavy atom. The maximum Gasteiger partial charge on any atom is 0.259 e. The lowest BCUT2D eigenvalue weighted by atomic mass is 9.93. The quantitative estimate of drug-likeness (QED) is 0.897. The van der Waals surface area contributed by atoms with Crippen LogP contribution in [-0.4, -0.2) is 38.6 Å². The minimum atomic E-state index is -0.0293. The van der Waals surface area contributed by atoms with Crippen molar-refractivity contribution in [1.29, 1.82) is 0 Å². The lowest BCUT2D eigenvalue weighted by Gasteiger charge is -2.21. The van der Waals surface area contributed by atoms with E-state index in [1.807, 2.05) is 7.05 Å². The summed E-state index contributed by atoms with van der Waals surface area (Å²) in [7, 11) is 5.42. The van der Waals surface area contributed by atoms with Crippen LogP contribution in [0.1, 0.15) is 27.8 Å². The standard InChI is InChI=1S/C16H26N2O2/c1-10-12(3)16(20-9-15(19)18(6)7)13(4)11(2)14(10)8-17-5/h17H,8-9H2,1-7H3. The van der Waals surface area contributed by atoms with E-state index in [-0.39, 0.29) is 12.5 Å². The fourth-order valence-corrected chi connectivity index (χ4v) is 2.28. The third-order valence-corrected chi connectivity index (χ3v) is 3.90. The normalized spacial score (nSPS) is 10.6. The van der Waals surface area contributed by atoms with Gasteiger partial charge in [0, 0.05) is 20.6 Å². The fourth-order valence-electron chi connectivity index (χ4n) is 2.28. The number of nitrogens with zero attached hydrogens (tertiary/aromatic N) is 1. The van der Waals surface area contributed by atoms with Gasteiger partial charge in [0.15, 0.2) is 6.61 Å². The highest BCUT2D eigenvalue weighted by Gasteiger charge is 2.16. The summed E-state index contributed by atoms with van der Waals surface area (Å²) >= 11 is 0. The number of likely N-dealkylation sites (N-methyl/N-ethyl adjacent to an activating group) is 1. The van der Waals surface area contributed by atoms with E-state index in [4.69, 9.17) is 4.74 Å². The average Bonchev–Trinajstić information content (AvgIpc) is 2.41. The highest BCUT2D eigenvalue weighted by atomic mass is 16.5. The summed E-state index contributed by atoms with van der Waals surface area (Å²) in [4.78, 5) is 13.2. The first-order valence-electron chi connectivity index (χ1n) is 6.88. The number of carbonyl (C=O) groups excluding carboxylic acids is 1. The molecule has 1 aromatic carbocycles. The molecular weight excluding hydrogens is 252 g/mol. The van der Waals surface area contributed by atoms with Crippen LogP contribution < -0.4 is 10.1 Å². The maximum absolute atomic E-state index is 11.7. The topological polar surface area (TPSA) is 41.6 Å². The molecule has 0 bridgehead atoms. The molecule has 20 heavy (non-hydrogen) atoms. The molecule has 1 aromatic rings. The van der Waals surface area contributed by atoms with Crippen LogP contribution in [0, 0.1) is 27.7 Å². The summed E-state index contributed by atoms with van der Waals surface area (Å²) in [6, 6.07) is 0. The molecule has 4 nitrogen and oxygen atoms in total. The van der Waals surface area contributed by atoms with Crippen molar-refractivity contribution >= 4 is 5.91 Å². The monoisotopic (exact) mass is 278 g/mol. The number of carbonyl (C=O) groups is 1. The number of benzene rings is 1. The first-order valence-corrected chi connectivity index (χ1v) is 6.88. The van der Waals surface area contributed by atoms with Crippen LogP contribution in [0.25, 0.3) is 0 Å². The van der Waals surface area contributed by atoms with Crippen molar-refractivity contribution < 1.29 is 9.53 Å². The minimum absolute atomic E-state index is 0.0293. The molecule has 0 saturated heterocycles. The molecule has 0 spiro atoms. The van der Waals surface area contributed by atoms with Gasteiger partial charge in [0.05, 0.1) is 0 Å². The Morgan fingerprint density at radius 3 is 1.95 bits per heavy atom. The van der Waals surface area contributed by atoms with Crippen LogP contribution in [-0.2, 0) is 11.3 Å². The first kappa shape index (κ1) is 16.5. The van der Waals surface area contributed by atoms with Gasteiger partial charge in [0.1, 0.15) is 5.75 Å². The Kier molecular flexibility index (Phi) is 5.57. The molecule has 4 heteroatoms. The molecule has 0 fully saturated rings. The summed E-state index contributed by atoms with van der Waals surface area (Å²) in [6.45, 7) is 9.24. The molecule has 0 saturated carbocycles. The van der Waals surface area contributed by atoms with Gasteiger partial charge in [-0.3, -0.25) is 4.79 Å². The molecule has 0 aliphatic carbocycles. The van der Waals surface area contributed by atoms with Crippen LogP contribution in [0.3, 0.4) is 0 Å². The number of nitrogens with one attached hydrogen (secondary N) is 1. The second kappa shape index (κ2) is 6.75. The molecule has 0 aliphatic rings. The van der Waals surface area contributed by atoms with E-state index in [1.165, 1.54) is 16.7 Å². The average molecular weight is 278 g/mol. The summed E-state index contributed by atoms with van der Waals surface area (Å²) in [5.41, 5.74) is 6.01. The van der Waals surface area contributed by atoms with E-state index >= 15 is 0 Å². The van der Waals surface area contributed by atoms with Gasteiger partial charge in [-0.15, -0.1) is 0 Å². The molecule has 0 atom stereocenters. The van der Waals surface area contributed by atoms with Gasteiger partial charge in [0.2, 0.25) is 0 Å². The highest BCUT2D eigenvalue weighted by molar-refractivity contribution is 5.77. The van der Waals surface area contributed by atoms with Gasteiger partial charge in [-0.05, 0) is 62.6 Å². The van der Waals surface area contributed by atoms with Crippen LogP contribution in [0.15, 0.2) is 0 Å². The Morgan fingerprint density at radius 1 is 1.05 bits per heavy atom. The molecular formula is C16H26N2O2. The second-order valence-corrected chi connectivity index (χ2v) is 5.41. The van der Waals surface area contributed by atoms with Crippen molar-refractivity contribution in [2.45, 2.75) is 34.2 Å². The largest absolute Gasteiger partial charge is 0.483 e. The number of hydrogen-bond donors (Lipinski definition) is 1. The van der Waals surface area contributed by atoms with Crippen molar-refractivity contribution in [3.05, 3.63) is 27.8 Å². The summed E-state index contributed by atoms with van der Waals surface area (Å²) in [5.74, 6) is 0.813. The van der Waals surface area contributed by atoms with Crippen molar-refractivity contribution in [3.63, 3.8) is 0 Å². The van der Waals surface area contributed by atoms with E-state index in [9.17, 15) is 4.79 Å². The third-order valence-electron chi connectivity index (χ3n) is 3.90. The van der Waals surface area contributed by atoms with Gasteiger partial charge in [-0.1, -0.05) is 0 Å². The van der Waals surface area contributed by atoms with E-state index in [0.29, 0.717) is 0 Å². The zero-order valence-corrected chi connectivity index (χ0v) is 13.7. The molecule has 112 valence electrons. The minimum Gasteiger partial charge on any atom is -0.483 e. The number of hydrogen-bond acceptors (Lipinski definition) is 3. The van der Waals surface area contributed by atoms with Gasteiger partial charge >= 0.3 is 0 Å².